The van der Waals surface area contributed by atoms with Gasteiger partial charge in [0.1, 0.15) is 36.8 Å². The van der Waals surface area contributed by atoms with E-state index in [0.717, 1.165) is 70.6 Å². The number of ether oxygens (including phenoxy) is 4. The number of unbranched alkanes of at least 4 members (excludes halogenated alkanes) is 17. The molecule has 1 aliphatic heterocycles. The van der Waals surface area contributed by atoms with Gasteiger partial charge in [-0.3, -0.25) is 14.1 Å². The standard InChI is InChI=1S/C43H76O12S/c1-3-5-7-9-11-13-15-17-18-20-22-24-26-28-30-32-39(45)54-36(34-53-43-42(48)41(47)40(46)37(55-43)35-56(49,50)51)33-52-38(44)31-29-27-25-23-21-19-16-14-12-10-8-6-4-2/h11,13,17-19,21,36-37,40-43,46-48H,3-10,12,14-16,20,22-35H2,1-2H3,(H,49,50,51)/b13-11+,18-17+,21-19+/t36-,37-,40-,41?,42?,43+/m1/s1. The second-order valence-corrected chi connectivity index (χ2v) is 16.5. The Morgan fingerprint density at radius 1 is 0.607 bits per heavy atom. The zero-order valence-electron chi connectivity index (χ0n) is 34.5. The first-order valence-corrected chi connectivity index (χ1v) is 23.2. The number of aliphatic hydroxyl groups excluding tert-OH is 3. The summed E-state index contributed by atoms with van der Waals surface area (Å²) in [6, 6.07) is 0. The predicted molar refractivity (Wildman–Crippen MR) is 219 cm³/mol. The average molecular weight is 817 g/mol. The molecule has 0 saturated carbocycles. The first-order chi connectivity index (χ1) is 27.0. The summed E-state index contributed by atoms with van der Waals surface area (Å²) >= 11 is 0. The summed E-state index contributed by atoms with van der Waals surface area (Å²) in [7, 11) is -4.60. The third kappa shape index (κ3) is 28.3. The lowest BCUT2D eigenvalue weighted by molar-refractivity contribution is -0.297. The maximum Gasteiger partial charge on any atom is 0.306 e. The van der Waals surface area contributed by atoms with Crippen LogP contribution in [0.4, 0.5) is 0 Å². The van der Waals surface area contributed by atoms with Gasteiger partial charge in [-0.15, -0.1) is 0 Å². The molecule has 13 heteroatoms. The van der Waals surface area contributed by atoms with Crippen molar-refractivity contribution in [3.8, 4) is 0 Å². The number of hydrogen-bond donors (Lipinski definition) is 4. The van der Waals surface area contributed by atoms with Crippen LogP contribution in [0.2, 0.25) is 0 Å². The normalized spacial score (nSPS) is 21.0. The largest absolute Gasteiger partial charge is 0.462 e. The van der Waals surface area contributed by atoms with Gasteiger partial charge in [0.05, 0.1) is 6.61 Å². The van der Waals surface area contributed by atoms with Crippen molar-refractivity contribution < 1.29 is 56.8 Å². The molecule has 4 N–H and O–H groups in total. The minimum Gasteiger partial charge on any atom is -0.462 e. The van der Waals surface area contributed by atoms with E-state index in [1.165, 1.54) is 57.8 Å². The van der Waals surface area contributed by atoms with Crippen LogP contribution in [0.1, 0.15) is 168 Å². The molecule has 2 unspecified atom stereocenters. The molecule has 1 heterocycles. The molecule has 0 aromatic heterocycles. The van der Waals surface area contributed by atoms with Gasteiger partial charge in [-0.2, -0.15) is 8.42 Å². The van der Waals surface area contributed by atoms with E-state index in [0.29, 0.717) is 12.8 Å². The SMILES string of the molecule is CCCCC/C=C/C/C=C/CCCCCCCC(=O)O[C@H](COC(=O)CCCCC/C=C/CCCCCCCC)CO[C@H]1O[C@H](CS(=O)(=O)O)[C@@H](O)C(O)C1O. The van der Waals surface area contributed by atoms with Crippen molar-refractivity contribution >= 4 is 22.1 Å². The summed E-state index contributed by atoms with van der Waals surface area (Å²) in [5, 5.41) is 30.8. The van der Waals surface area contributed by atoms with Crippen LogP contribution < -0.4 is 0 Å². The third-order valence-corrected chi connectivity index (χ3v) is 10.4. The minimum atomic E-state index is -4.60. The van der Waals surface area contributed by atoms with Crippen molar-refractivity contribution in [1.82, 2.24) is 0 Å². The van der Waals surface area contributed by atoms with Gasteiger partial charge in [-0.05, 0) is 70.6 Å². The van der Waals surface area contributed by atoms with E-state index in [2.05, 4.69) is 50.3 Å². The molecule has 12 nitrogen and oxygen atoms in total. The third-order valence-electron chi connectivity index (χ3n) is 9.69. The van der Waals surface area contributed by atoms with Crippen LogP contribution in [0.3, 0.4) is 0 Å². The van der Waals surface area contributed by atoms with E-state index in [1.54, 1.807) is 0 Å². The van der Waals surface area contributed by atoms with Crippen LogP contribution >= 0.6 is 0 Å². The van der Waals surface area contributed by atoms with Crippen LogP contribution in [-0.2, 0) is 38.7 Å². The van der Waals surface area contributed by atoms with Crippen LogP contribution in [0.25, 0.3) is 0 Å². The minimum absolute atomic E-state index is 0.145. The number of esters is 2. The molecular weight excluding hydrogens is 741 g/mol. The highest BCUT2D eigenvalue weighted by molar-refractivity contribution is 7.85. The number of carbonyl (C=O) groups excluding carboxylic acids is 2. The van der Waals surface area contributed by atoms with E-state index in [1.807, 2.05) is 0 Å². The topological polar surface area (TPSA) is 186 Å². The molecule has 0 aliphatic carbocycles. The first-order valence-electron chi connectivity index (χ1n) is 21.5. The van der Waals surface area contributed by atoms with Gasteiger partial charge >= 0.3 is 11.9 Å². The fraction of sp³-hybridized carbons (Fsp3) is 0.814. The molecule has 0 spiro atoms. The van der Waals surface area contributed by atoms with E-state index >= 15 is 0 Å². The number of allylic oxidation sites excluding steroid dienone is 6. The number of aliphatic hydroxyl groups is 3. The molecule has 0 amide bonds. The molecule has 0 aromatic carbocycles. The van der Waals surface area contributed by atoms with Crippen molar-refractivity contribution in [1.29, 1.82) is 0 Å². The molecule has 0 bridgehead atoms. The monoisotopic (exact) mass is 817 g/mol. The molecule has 1 saturated heterocycles. The molecule has 1 fully saturated rings. The summed E-state index contributed by atoms with van der Waals surface area (Å²) in [4.78, 5) is 25.3. The Bertz CT molecular complexity index is 1190. The van der Waals surface area contributed by atoms with Crippen molar-refractivity contribution in [3.63, 3.8) is 0 Å². The molecule has 326 valence electrons. The summed E-state index contributed by atoms with van der Waals surface area (Å²) in [6.07, 6.45) is 27.6. The van der Waals surface area contributed by atoms with E-state index in [9.17, 15) is 37.9 Å². The molecular formula is C43H76O12S. The highest BCUT2D eigenvalue weighted by Gasteiger charge is 2.46. The van der Waals surface area contributed by atoms with E-state index in [4.69, 9.17) is 18.9 Å². The van der Waals surface area contributed by atoms with Gasteiger partial charge in [0.25, 0.3) is 10.1 Å². The zero-order chi connectivity index (χ0) is 41.3. The smallest absolute Gasteiger partial charge is 0.306 e. The highest BCUT2D eigenvalue weighted by Crippen LogP contribution is 2.24. The lowest BCUT2D eigenvalue weighted by atomic mass is 10.00. The second kappa shape index (κ2) is 33.8. The maximum atomic E-state index is 12.8. The molecule has 1 aliphatic rings. The van der Waals surface area contributed by atoms with Crippen LogP contribution in [0.15, 0.2) is 36.5 Å². The Morgan fingerprint density at radius 2 is 1.07 bits per heavy atom. The van der Waals surface area contributed by atoms with Crippen LogP contribution in [-0.4, -0.2) is 96.0 Å². The Morgan fingerprint density at radius 3 is 1.64 bits per heavy atom. The quantitative estimate of drug-likeness (QED) is 0.0208. The van der Waals surface area contributed by atoms with Gasteiger partial charge in [-0.1, -0.05) is 121 Å². The second-order valence-electron chi connectivity index (χ2n) is 15.0. The van der Waals surface area contributed by atoms with Gasteiger partial charge in [0.15, 0.2) is 12.4 Å². The van der Waals surface area contributed by atoms with Crippen molar-refractivity contribution in [2.24, 2.45) is 0 Å². The molecule has 6 atom stereocenters. The summed E-state index contributed by atoms with van der Waals surface area (Å²) < 4.78 is 53.9. The average Bonchev–Trinajstić information content (AvgIpc) is 3.16. The Labute approximate surface area is 338 Å². The van der Waals surface area contributed by atoms with Crippen molar-refractivity contribution in [3.05, 3.63) is 36.5 Å². The Kier molecular flexibility index (Phi) is 31.3. The summed E-state index contributed by atoms with van der Waals surface area (Å²) in [5.74, 6) is -2.02. The van der Waals surface area contributed by atoms with Gasteiger partial charge in [-0.25, -0.2) is 0 Å². The Balaban J connectivity index is 2.50. The van der Waals surface area contributed by atoms with Gasteiger partial charge in [0, 0.05) is 12.8 Å². The molecule has 1 rings (SSSR count). The first kappa shape index (κ1) is 51.9. The number of hydrogen-bond acceptors (Lipinski definition) is 11. The number of carbonyl (C=O) groups is 2. The Hall–Kier alpha value is -2.13. The van der Waals surface area contributed by atoms with Crippen molar-refractivity contribution in [2.45, 2.75) is 205 Å². The van der Waals surface area contributed by atoms with Gasteiger partial charge < -0.3 is 34.3 Å². The summed E-state index contributed by atoms with van der Waals surface area (Å²) in [5.41, 5.74) is 0. The fourth-order valence-corrected chi connectivity index (χ4v) is 6.98. The maximum absolute atomic E-state index is 12.8. The van der Waals surface area contributed by atoms with Crippen LogP contribution in [0, 0.1) is 0 Å². The predicted octanol–water partition coefficient (Wildman–Crippen LogP) is 8.22. The molecule has 56 heavy (non-hydrogen) atoms. The van der Waals surface area contributed by atoms with Crippen LogP contribution in [0.5, 0.6) is 0 Å². The van der Waals surface area contributed by atoms with E-state index in [-0.39, 0.29) is 19.4 Å². The molecule has 0 aromatic rings. The fourth-order valence-electron chi connectivity index (χ4n) is 6.29. The highest BCUT2D eigenvalue weighted by atomic mass is 32.2. The van der Waals surface area contributed by atoms with Crippen molar-refractivity contribution in [2.75, 3.05) is 19.0 Å². The lowest BCUT2D eigenvalue weighted by Crippen LogP contribution is -2.60. The van der Waals surface area contributed by atoms with Gasteiger partial charge in [0.2, 0.25) is 0 Å². The molecule has 0 radical (unpaired) electrons. The number of rotatable bonds is 35. The lowest BCUT2D eigenvalue weighted by Gasteiger charge is -2.40. The summed E-state index contributed by atoms with van der Waals surface area (Å²) in [6.45, 7) is 3.68. The zero-order valence-corrected chi connectivity index (χ0v) is 35.3. The van der Waals surface area contributed by atoms with E-state index < -0.39 is 71.2 Å².